The third-order valence-corrected chi connectivity index (χ3v) is 6.51. The van der Waals surface area contributed by atoms with Crippen LogP contribution in [-0.4, -0.2) is 33.7 Å². The number of amides is 2. The van der Waals surface area contributed by atoms with Gasteiger partial charge in [-0.25, -0.2) is 0 Å². The lowest BCUT2D eigenvalue weighted by Gasteiger charge is -2.12. The third-order valence-electron chi connectivity index (χ3n) is 4.00. The minimum absolute atomic E-state index is 0.171. The highest BCUT2D eigenvalue weighted by atomic mass is 127. The lowest BCUT2D eigenvalue weighted by atomic mass is 10.1. The van der Waals surface area contributed by atoms with E-state index in [0.717, 1.165) is 12.7 Å². The van der Waals surface area contributed by atoms with E-state index in [1.807, 2.05) is 12.1 Å². The van der Waals surface area contributed by atoms with Crippen molar-refractivity contribution in [2.75, 3.05) is 6.54 Å². The van der Waals surface area contributed by atoms with Crippen molar-refractivity contribution < 1.29 is 24.2 Å². The summed E-state index contributed by atoms with van der Waals surface area (Å²) in [6.07, 6.45) is 1.56. The molecule has 2 aromatic carbocycles. The maximum absolute atomic E-state index is 12.3. The van der Waals surface area contributed by atoms with Crippen LogP contribution in [-0.2, 0) is 16.2 Å². The fraction of sp³-hybridized carbons (Fsp3) is 0.100. The zero-order valence-electron chi connectivity index (χ0n) is 15.1. The first kappa shape index (κ1) is 22.6. The largest absolute Gasteiger partial charge is 0.487 e. The van der Waals surface area contributed by atoms with Crippen molar-refractivity contribution in [1.29, 1.82) is 5.26 Å². The Balaban J connectivity index is 1.80. The van der Waals surface area contributed by atoms with Crippen LogP contribution in [0.4, 0.5) is 4.79 Å². The van der Waals surface area contributed by atoms with Gasteiger partial charge in [0.15, 0.2) is 0 Å². The molecule has 0 aromatic heterocycles. The summed E-state index contributed by atoms with van der Waals surface area (Å²) in [5, 5.41) is 17.4. The Labute approximate surface area is 203 Å². The number of carbonyl (C=O) groups is 3. The van der Waals surface area contributed by atoms with Crippen molar-refractivity contribution in [1.82, 2.24) is 4.90 Å². The topological polar surface area (TPSA) is 108 Å². The van der Waals surface area contributed by atoms with Gasteiger partial charge in [-0.1, -0.05) is 18.2 Å². The zero-order valence-corrected chi connectivity index (χ0v) is 20.2. The molecule has 152 valence electrons. The van der Waals surface area contributed by atoms with Crippen molar-refractivity contribution in [2.45, 2.75) is 6.61 Å². The van der Waals surface area contributed by atoms with E-state index in [1.165, 1.54) is 0 Å². The van der Waals surface area contributed by atoms with Gasteiger partial charge < -0.3 is 9.84 Å². The molecular formula is C20H12I2N2O5S. The van der Waals surface area contributed by atoms with Gasteiger partial charge in [0, 0.05) is 5.56 Å². The Hall–Kier alpha value is -2.11. The quantitative estimate of drug-likeness (QED) is 0.365. The summed E-state index contributed by atoms with van der Waals surface area (Å²) in [6, 6.07) is 13.0. The fourth-order valence-electron chi connectivity index (χ4n) is 2.63. The second-order valence-electron chi connectivity index (χ2n) is 6.03. The first-order valence-electron chi connectivity index (χ1n) is 8.37. The standard InChI is InChI=1S/C20H12I2N2O5S/c21-14-5-11(7-16-19(27)24(9-17(25)26)20(28)30-16)6-15(22)18(14)29-10-13-4-2-1-3-12(13)8-23/h1-7H,9-10H2,(H,25,26)/b16-7+. The summed E-state index contributed by atoms with van der Waals surface area (Å²) in [6.45, 7) is -0.419. The number of halogens is 2. The first-order valence-corrected chi connectivity index (χ1v) is 11.3. The smallest absolute Gasteiger partial charge is 0.323 e. The molecule has 0 spiro atoms. The maximum atomic E-state index is 12.3. The number of nitrogens with zero attached hydrogens (tertiary/aromatic N) is 2. The minimum atomic E-state index is -1.25. The third kappa shape index (κ3) is 5.13. The van der Waals surface area contributed by atoms with Gasteiger partial charge in [0.2, 0.25) is 0 Å². The summed E-state index contributed by atoms with van der Waals surface area (Å²) in [4.78, 5) is 35.9. The minimum Gasteiger partial charge on any atom is -0.487 e. The van der Waals surface area contributed by atoms with Crippen LogP contribution >= 0.6 is 56.9 Å². The molecule has 1 aliphatic rings. The van der Waals surface area contributed by atoms with Crippen LogP contribution in [0.3, 0.4) is 0 Å². The number of carbonyl (C=O) groups excluding carboxylic acids is 2. The van der Waals surface area contributed by atoms with E-state index in [0.29, 0.717) is 33.5 Å². The predicted octanol–water partition coefficient (Wildman–Crippen LogP) is 4.47. The Kier molecular flexibility index (Phi) is 7.37. The molecule has 7 nitrogen and oxygen atoms in total. The molecule has 1 fully saturated rings. The van der Waals surface area contributed by atoms with E-state index < -0.39 is 23.7 Å². The van der Waals surface area contributed by atoms with Gasteiger partial charge in [-0.15, -0.1) is 0 Å². The highest BCUT2D eigenvalue weighted by Crippen LogP contribution is 2.35. The van der Waals surface area contributed by atoms with Crippen LogP contribution in [0.2, 0.25) is 0 Å². The van der Waals surface area contributed by atoms with Crippen molar-refractivity contribution >= 4 is 80.1 Å². The summed E-state index contributed by atoms with van der Waals surface area (Å²) < 4.78 is 7.53. The van der Waals surface area contributed by atoms with Crippen molar-refractivity contribution in [3.63, 3.8) is 0 Å². The molecule has 3 rings (SSSR count). The zero-order chi connectivity index (χ0) is 21.8. The van der Waals surface area contributed by atoms with E-state index in [4.69, 9.17) is 9.84 Å². The normalized spacial score (nSPS) is 14.8. The lowest BCUT2D eigenvalue weighted by molar-refractivity contribution is -0.140. The molecule has 0 aliphatic carbocycles. The van der Waals surface area contributed by atoms with E-state index in [9.17, 15) is 19.6 Å². The Morgan fingerprint density at radius 2 is 1.90 bits per heavy atom. The molecule has 0 atom stereocenters. The molecule has 1 aliphatic heterocycles. The average molecular weight is 646 g/mol. The van der Waals surface area contributed by atoms with Gasteiger partial charge in [0.25, 0.3) is 11.1 Å². The molecule has 2 aromatic rings. The molecule has 2 amide bonds. The Morgan fingerprint density at radius 1 is 1.23 bits per heavy atom. The van der Waals surface area contributed by atoms with Crippen LogP contribution < -0.4 is 4.74 Å². The van der Waals surface area contributed by atoms with Gasteiger partial charge in [-0.3, -0.25) is 19.3 Å². The first-order chi connectivity index (χ1) is 14.3. The van der Waals surface area contributed by atoms with E-state index in [2.05, 4.69) is 51.3 Å². The summed E-state index contributed by atoms with van der Waals surface area (Å²) >= 11 is 4.95. The van der Waals surface area contributed by atoms with Gasteiger partial charge in [0.05, 0.1) is 23.7 Å². The van der Waals surface area contributed by atoms with Crippen molar-refractivity contribution in [3.8, 4) is 11.8 Å². The molecule has 30 heavy (non-hydrogen) atoms. The lowest BCUT2D eigenvalue weighted by Crippen LogP contribution is -2.33. The number of hydrogen-bond donors (Lipinski definition) is 1. The Morgan fingerprint density at radius 3 is 2.53 bits per heavy atom. The molecular weight excluding hydrogens is 634 g/mol. The number of nitriles is 1. The highest BCUT2D eigenvalue weighted by molar-refractivity contribution is 14.1. The van der Waals surface area contributed by atoms with Crippen LogP contribution in [0, 0.1) is 18.5 Å². The Bertz CT molecular complexity index is 1100. The van der Waals surface area contributed by atoms with Gasteiger partial charge in [-0.05, 0) is 86.8 Å². The van der Waals surface area contributed by atoms with Gasteiger partial charge >= 0.3 is 5.97 Å². The second kappa shape index (κ2) is 9.80. The van der Waals surface area contributed by atoms with Crippen LogP contribution in [0.1, 0.15) is 16.7 Å². The van der Waals surface area contributed by atoms with Crippen LogP contribution in [0.15, 0.2) is 41.3 Å². The van der Waals surface area contributed by atoms with E-state index in [1.54, 1.807) is 30.3 Å². The van der Waals surface area contributed by atoms with Gasteiger partial charge in [0.1, 0.15) is 18.9 Å². The number of carboxylic acid groups (broad SMARTS) is 1. The van der Waals surface area contributed by atoms with E-state index in [-0.39, 0.29) is 11.5 Å². The number of hydrogen-bond acceptors (Lipinski definition) is 6. The molecule has 1 N–H and O–H groups in total. The number of aliphatic carboxylic acids is 1. The number of ether oxygens (including phenoxy) is 1. The summed E-state index contributed by atoms with van der Waals surface area (Å²) in [7, 11) is 0. The highest BCUT2D eigenvalue weighted by Gasteiger charge is 2.36. The molecule has 0 bridgehead atoms. The predicted molar refractivity (Wildman–Crippen MR) is 128 cm³/mol. The molecule has 0 radical (unpaired) electrons. The number of benzene rings is 2. The summed E-state index contributed by atoms with van der Waals surface area (Å²) in [5.41, 5.74) is 2.02. The molecule has 1 saturated heterocycles. The fourth-order valence-corrected chi connectivity index (χ4v) is 5.59. The summed E-state index contributed by atoms with van der Waals surface area (Å²) in [5.74, 6) is -1.21. The van der Waals surface area contributed by atoms with Crippen LogP contribution in [0.25, 0.3) is 6.08 Å². The second-order valence-corrected chi connectivity index (χ2v) is 9.35. The molecule has 0 saturated carbocycles. The number of rotatable bonds is 6. The van der Waals surface area contributed by atoms with Crippen LogP contribution in [0.5, 0.6) is 5.75 Å². The van der Waals surface area contributed by atoms with Crippen molar-refractivity contribution in [2.24, 2.45) is 0 Å². The van der Waals surface area contributed by atoms with Gasteiger partial charge in [-0.2, -0.15) is 5.26 Å². The molecule has 10 heteroatoms. The maximum Gasteiger partial charge on any atom is 0.323 e. The molecule has 1 heterocycles. The number of thioether (sulfide) groups is 1. The monoisotopic (exact) mass is 646 g/mol. The average Bonchev–Trinajstić information content (AvgIpc) is 2.94. The number of imide groups is 1. The SMILES string of the molecule is N#Cc1ccccc1COc1c(I)cc(/C=C2/SC(=O)N(CC(=O)O)C2=O)cc1I. The number of carboxylic acids is 1. The molecule has 0 unspecified atom stereocenters. The van der Waals surface area contributed by atoms with Crippen molar-refractivity contribution in [3.05, 3.63) is 65.1 Å². The van der Waals surface area contributed by atoms with E-state index >= 15 is 0 Å².